The molecule has 1 aliphatic rings. The van der Waals surface area contributed by atoms with Crippen molar-refractivity contribution >= 4 is 38.3 Å². The first-order chi connectivity index (χ1) is 11.1. The van der Waals surface area contributed by atoms with E-state index < -0.39 is 0 Å². The first kappa shape index (κ1) is 14.4. The second kappa shape index (κ2) is 5.46. The number of benzene rings is 3. The van der Waals surface area contributed by atoms with Gasteiger partial charge >= 0.3 is 0 Å². The highest BCUT2D eigenvalue weighted by molar-refractivity contribution is 9.10. The summed E-state index contributed by atoms with van der Waals surface area (Å²) in [6.07, 6.45) is 0.249. The summed E-state index contributed by atoms with van der Waals surface area (Å²) in [5, 5.41) is 5.01. The van der Waals surface area contributed by atoms with Crippen LogP contribution < -0.4 is 5.32 Å². The molecule has 1 amide bonds. The predicted octanol–water partition coefficient (Wildman–Crippen LogP) is 5.22. The third-order valence-corrected chi connectivity index (χ3v) is 4.82. The van der Waals surface area contributed by atoms with Crippen molar-refractivity contribution in [1.29, 1.82) is 0 Å². The monoisotopic (exact) mass is 369 g/mol. The number of amides is 1. The fourth-order valence-electron chi connectivity index (χ4n) is 3.26. The minimum absolute atomic E-state index is 0.0850. The molecule has 23 heavy (non-hydrogen) atoms. The van der Waals surface area contributed by atoms with Crippen LogP contribution in [0.2, 0.25) is 0 Å². The van der Waals surface area contributed by atoms with E-state index in [0.29, 0.717) is 5.56 Å². The number of hydrogen-bond acceptors (Lipinski definition) is 1. The van der Waals surface area contributed by atoms with Crippen LogP contribution in [0.4, 0.5) is 10.1 Å². The van der Waals surface area contributed by atoms with Gasteiger partial charge in [-0.25, -0.2) is 4.39 Å². The first-order valence-corrected chi connectivity index (χ1v) is 8.19. The molecule has 0 unspecified atom stereocenters. The Morgan fingerprint density at radius 1 is 1.04 bits per heavy atom. The minimum atomic E-state index is -0.285. The summed E-state index contributed by atoms with van der Waals surface area (Å²) in [5.41, 5.74) is 2.30. The van der Waals surface area contributed by atoms with Crippen molar-refractivity contribution in [3.05, 3.63) is 76.0 Å². The average molecular weight is 370 g/mol. The van der Waals surface area contributed by atoms with Crippen molar-refractivity contribution in [2.45, 2.75) is 12.3 Å². The van der Waals surface area contributed by atoms with Gasteiger partial charge in [-0.2, -0.15) is 0 Å². The molecule has 114 valence electrons. The molecular formula is C19H13BrFNO. The van der Waals surface area contributed by atoms with Gasteiger partial charge in [0.2, 0.25) is 5.91 Å². The molecule has 1 N–H and O–H groups in total. The Kier molecular flexibility index (Phi) is 3.42. The standard InChI is InChI=1S/C19H13BrFNO/c20-12-6-8-17(21)16(9-12)15-10-18(23)22-19-13-4-2-1-3-11(13)5-7-14(15)19/h1-9,15H,10H2,(H,22,23)/t15-/m0/s1. The van der Waals surface area contributed by atoms with E-state index in [1.807, 2.05) is 36.4 Å². The van der Waals surface area contributed by atoms with Crippen molar-refractivity contribution < 1.29 is 9.18 Å². The van der Waals surface area contributed by atoms with Gasteiger partial charge < -0.3 is 5.32 Å². The maximum atomic E-state index is 14.3. The molecule has 2 nitrogen and oxygen atoms in total. The lowest BCUT2D eigenvalue weighted by atomic mass is 9.83. The molecule has 3 aromatic carbocycles. The molecule has 4 heteroatoms. The van der Waals surface area contributed by atoms with Crippen molar-refractivity contribution in [2.24, 2.45) is 0 Å². The maximum Gasteiger partial charge on any atom is 0.225 e. The summed E-state index contributed by atoms with van der Waals surface area (Å²) >= 11 is 3.39. The molecule has 0 saturated carbocycles. The lowest BCUT2D eigenvalue weighted by molar-refractivity contribution is -0.116. The van der Waals surface area contributed by atoms with E-state index in [1.165, 1.54) is 6.07 Å². The number of nitrogens with one attached hydrogen (secondary N) is 1. The molecule has 0 fully saturated rings. The van der Waals surface area contributed by atoms with Gasteiger partial charge in [0, 0.05) is 22.2 Å². The first-order valence-electron chi connectivity index (χ1n) is 7.40. The summed E-state index contributed by atoms with van der Waals surface area (Å²) in [7, 11) is 0. The van der Waals surface area contributed by atoms with E-state index in [1.54, 1.807) is 12.1 Å². The van der Waals surface area contributed by atoms with E-state index >= 15 is 0 Å². The Labute approximate surface area is 141 Å². The lowest BCUT2D eigenvalue weighted by Crippen LogP contribution is -2.24. The van der Waals surface area contributed by atoms with Gasteiger partial charge in [0.1, 0.15) is 5.82 Å². The van der Waals surface area contributed by atoms with Crippen LogP contribution in [0, 0.1) is 5.82 Å². The molecule has 0 bridgehead atoms. The molecule has 1 heterocycles. The van der Waals surface area contributed by atoms with Crippen LogP contribution >= 0.6 is 15.9 Å². The molecule has 0 aliphatic carbocycles. The Hall–Kier alpha value is -2.20. The number of halogens is 2. The van der Waals surface area contributed by atoms with Gasteiger partial charge in [0.25, 0.3) is 0 Å². The highest BCUT2D eigenvalue weighted by Crippen LogP contribution is 2.42. The van der Waals surface area contributed by atoms with Crippen LogP contribution in [0.3, 0.4) is 0 Å². The summed E-state index contributed by atoms with van der Waals surface area (Å²) in [6.45, 7) is 0. The second-order valence-electron chi connectivity index (χ2n) is 5.72. The summed E-state index contributed by atoms with van der Waals surface area (Å²) in [4.78, 5) is 12.2. The third-order valence-electron chi connectivity index (χ3n) is 4.32. The van der Waals surface area contributed by atoms with Gasteiger partial charge in [-0.05, 0) is 34.7 Å². The number of fused-ring (bicyclic) bond motifs is 3. The van der Waals surface area contributed by atoms with Crippen LogP contribution in [0.5, 0.6) is 0 Å². The molecular weight excluding hydrogens is 357 g/mol. The number of carbonyl (C=O) groups is 1. The number of rotatable bonds is 1. The van der Waals surface area contributed by atoms with Crippen LogP contribution in [0.1, 0.15) is 23.5 Å². The van der Waals surface area contributed by atoms with Gasteiger partial charge in [-0.1, -0.05) is 52.3 Å². The number of carbonyl (C=O) groups excluding carboxylic acids is 1. The summed E-state index contributed by atoms with van der Waals surface area (Å²) in [6, 6.07) is 16.8. The third kappa shape index (κ3) is 2.43. The van der Waals surface area contributed by atoms with Crippen LogP contribution in [0.25, 0.3) is 10.8 Å². The Balaban J connectivity index is 1.97. The van der Waals surface area contributed by atoms with Crippen molar-refractivity contribution in [1.82, 2.24) is 0 Å². The fraction of sp³-hybridized carbons (Fsp3) is 0.105. The van der Waals surface area contributed by atoms with E-state index in [2.05, 4.69) is 21.2 Å². The topological polar surface area (TPSA) is 29.1 Å². The second-order valence-corrected chi connectivity index (χ2v) is 6.64. The van der Waals surface area contributed by atoms with E-state index in [4.69, 9.17) is 0 Å². The van der Waals surface area contributed by atoms with E-state index in [-0.39, 0.29) is 24.1 Å². The van der Waals surface area contributed by atoms with Crippen LogP contribution in [-0.2, 0) is 4.79 Å². The molecule has 1 atom stereocenters. The smallest absolute Gasteiger partial charge is 0.225 e. The molecule has 3 aromatic rings. The maximum absolute atomic E-state index is 14.3. The molecule has 0 saturated heterocycles. The molecule has 0 spiro atoms. The molecule has 0 aromatic heterocycles. The zero-order valence-corrected chi connectivity index (χ0v) is 13.7. The molecule has 4 rings (SSSR count). The van der Waals surface area contributed by atoms with Crippen molar-refractivity contribution in [2.75, 3.05) is 5.32 Å². The summed E-state index contributed by atoms with van der Waals surface area (Å²) < 4.78 is 15.1. The van der Waals surface area contributed by atoms with Crippen molar-refractivity contribution in [3.63, 3.8) is 0 Å². The Morgan fingerprint density at radius 2 is 1.87 bits per heavy atom. The Morgan fingerprint density at radius 3 is 2.74 bits per heavy atom. The predicted molar refractivity (Wildman–Crippen MR) is 93.1 cm³/mol. The quantitative estimate of drug-likeness (QED) is 0.626. The molecule has 0 radical (unpaired) electrons. The fourth-order valence-corrected chi connectivity index (χ4v) is 3.64. The van der Waals surface area contributed by atoms with Crippen molar-refractivity contribution in [3.8, 4) is 0 Å². The zero-order chi connectivity index (χ0) is 16.0. The van der Waals surface area contributed by atoms with Gasteiger partial charge in [0.05, 0.1) is 5.69 Å². The van der Waals surface area contributed by atoms with E-state index in [9.17, 15) is 9.18 Å². The normalized spacial score (nSPS) is 17.0. The molecule has 1 aliphatic heterocycles. The summed E-state index contributed by atoms with van der Waals surface area (Å²) in [5.74, 6) is -0.647. The van der Waals surface area contributed by atoms with Gasteiger partial charge in [-0.15, -0.1) is 0 Å². The number of anilines is 1. The average Bonchev–Trinajstić information content (AvgIpc) is 2.56. The largest absolute Gasteiger partial charge is 0.325 e. The highest BCUT2D eigenvalue weighted by atomic mass is 79.9. The Bertz CT molecular complexity index is 938. The van der Waals surface area contributed by atoms with Crippen LogP contribution in [0.15, 0.2) is 59.1 Å². The zero-order valence-electron chi connectivity index (χ0n) is 12.1. The van der Waals surface area contributed by atoms with Gasteiger partial charge in [-0.3, -0.25) is 4.79 Å². The SMILES string of the molecule is O=C1C[C@H](c2cc(Br)ccc2F)c2ccc3ccccc3c2N1. The van der Waals surface area contributed by atoms with Crippen LogP contribution in [-0.4, -0.2) is 5.91 Å². The van der Waals surface area contributed by atoms with E-state index in [0.717, 1.165) is 26.5 Å². The van der Waals surface area contributed by atoms with Gasteiger partial charge in [0.15, 0.2) is 0 Å². The lowest BCUT2D eigenvalue weighted by Gasteiger charge is -2.27. The highest BCUT2D eigenvalue weighted by Gasteiger charge is 2.29. The number of hydrogen-bond donors (Lipinski definition) is 1. The minimum Gasteiger partial charge on any atom is -0.325 e.